The molecule has 0 aliphatic heterocycles. The molecule has 0 bridgehead atoms. The number of nitrogens with one attached hydrogen (secondary N) is 1. The summed E-state index contributed by atoms with van der Waals surface area (Å²) in [4.78, 5) is 19.6. The number of amides is 1. The smallest absolute Gasteiger partial charge is 0.271 e. The molecule has 0 spiro atoms. The van der Waals surface area contributed by atoms with E-state index in [0.29, 0.717) is 16.1 Å². The Hall–Kier alpha value is -3.55. The highest BCUT2D eigenvalue weighted by molar-refractivity contribution is 6.30. The molecule has 0 saturated carbocycles. The molecule has 1 aromatic heterocycles. The van der Waals surface area contributed by atoms with Crippen molar-refractivity contribution < 1.29 is 13.9 Å². The third-order valence-corrected chi connectivity index (χ3v) is 4.72. The van der Waals surface area contributed by atoms with E-state index in [1.165, 1.54) is 6.21 Å². The zero-order valence-electron chi connectivity index (χ0n) is 15.7. The average molecular weight is 455 g/mol. The highest BCUT2D eigenvalue weighted by atomic mass is 35.5. The Kier molecular flexibility index (Phi) is 6.06. The van der Waals surface area contributed by atoms with Gasteiger partial charge in [-0.05, 0) is 52.7 Å². The van der Waals surface area contributed by atoms with Gasteiger partial charge in [-0.15, -0.1) is 0 Å². The van der Waals surface area contributed by atoms with Crippen LogP contribution in [0.3, 0.4) is 0 Å². The number of hydrazone groups is 1. The van der Waals surface area contributed by atoms with Gasteiger partial charge in [-0.25, -0.2) is 10.4 Å². The van der Waals surface area contributed by atoms with Gasteiger partial charge >= 0.3 is 0 Å². The third-order valence-electron chi connectivity index (χ3n) is 4.29. The predicted molar refractivity (Wildman–Crippen MR) is 118 cm³/mol. The van der Waals surface area contributed by atoms with Gasteiger partial charge in [-0.3, -0.25) is 4.79 Å². The summed E-state index contributed by atoms with van der Waals surface area (Å²) < 4.78 is 19.7. The van der Waals surface area contributed by atoms with Gasteiger partial charge in [0.2, 0.25) is 11.1 Å². The lowest BCUT2D eigenvalue weighted by Crippen LogP contribution is -2.17. The normalized spacial score (nSPS) is 11.1. The molecule has 4 aromatic rings. The van der Waals surface area contributed by atoms with Gasteiger partial charge in [0.05, 0.1) is 12.4 Å². The number of carbonyl (C=O) groups excluding carboxylic acids is 1. The zero-order valence-corrected chi connectivity index (χ0v) is 17.2. The molecule has 0 radical (unpaired) electrons. The van der Waals surface area contributed by atoms with Gasteiger partial charge in [0.1, 0.15) is 5.75 Å². The van der Waals surface area contributed by atoms with E-state index in [1.807, 2.05) is 30.3 Å². The van der Waals surface area contributed by atoms with Crippen molar-refractivity contribution in [2.24, 2.45) is 5.10 Å². The Morgan fingerprint density at radius 2 is 1.84 bits per heavy atom. The van der Waals surface area contributed by atoms with Crippen LogP contribution in [0.2, 0.25) is 10.3 Å². The maximum atomic E-state index is 14.1. The minimum Gasteiger partial charge on any atom is -0.436 e. The van der Waals surface area contributed by atoms with Crippen LogP contribution in [0, 0.1) is 5.82 Å². The number of fused-ring (bicyclic) bond motifs is 1. The van der Waals surface area contributed by atoms with Gasteiger partial charge in [0, 0.05) is 16.1 Å². The second-order valence-electron chi connectivity index (χ2n) is 6.30. The van der Waals surface area contributed by atoms with Gasteiger partial charge in [-0.1, -0.05) is 41.9 Å². The minimum absolute atomic E-state index is 0.150. The van der Waals surface area contributed by atoms with Crippen LogP contribution in [0.5, 0.6) is 11.6 Å². The molecule has 6 nitrogen and oxygen atoms in total. The fourth-order valence-corrected chi connectivity index (χ4v) is 3.08. The number of aromatic nitrogens is 2. The van der Waals surface area contributed by atoms with Crippen LogP contribution in [0.4, 0.5) is 4.39 Å². The van der Waals surface area contributed by atoms with Crippen LogP contribution in [0.15, 0.2) is 72.0 Å². The van der Waals surface area contributed by atoms with E-state index in [1.54, 1.807) is 30.3 Å². The quantitative estimate of drug-likeness (QED) is 0.240. The van der Waals surface area contributed by atoms with Crippen molar-refractivity contribution in [2.45, 2.75) is 0 Å². The number of rotatable bonds is 5. The second kappa shape index (κ2) is 9.07. The van der Waals surface area contributed by atoms with Crippen molar-refractivity contribution in [3.8, 4) is 11.6 Å². The number of hydrogen-bond acceptors (Lipinski definition) is 5. The molecule has 3 aromatic carbocycles. The van der Waals surface area contributed by atoms with Crippen molar-refractivity contribution in [2.75, 3.05) is 0 Å². The number of halogens is 3. The molecule has 0 fully saturated rings. The van der Waals surface area contributed by atoms with Gasteiger partial charge in [0.25, 0.3) is 11.8 Å². The molecule has 0 unspecified atom stereocenters. The third kappa shape index (κ3) is 4.79. The molecule has 0 saturated heterocycles. The number of ether oxygens (including phenoxy) is 1. The first-order valence-corrected chi connectivity index (χ1v) is 9.73. The Bertz CT molecular complexity index is 1300. The lowest BCUT2D eigenvalue weighted by atomic mass is 10.0. The largest absolute Gasteiger partial charge is 0.436 e. The summed E-state index contributed by atoms with van der Waals surface area (Å²) in [5.74, 6) is -1.23. The number of hydrogen-bond donors (Lipinski definition) is 1. The molecule has 0 atom stereocenters. The van der Waals surface area contributed by atoms with E-state index >= 15 is 0 Å². The first-order valence-electron chi connectivity index (χ1n) is 8.98. The van der Waals surface area contributed by atoms with E-state index in [9.17, 15) is 9.18 Å². The van der Waals surface area contributed by atoms with Crippen molar-refractivity contribution in [3.63, 3.8) is 0 Å². The van der Waals surface area contributed by atoms with Crippen molar-refractivity contribution >= 4 is 46.1 Å². The fourth-order valence-electron chi connectivity index (χ4n) is 2.83. The second-order valence-corrected chi connectivity index (χ2v) is 7.07. The fraction of sp³-hybridized carbons (Fsp3) is 0. The monoisotopic (exact) mass is 454 g/mol. The van der Waals surface area contributed by atoms with Gasteiger partial charge in [-0.2, -0.15) is 14.5 Å². The molecule has 1 amide bonds. The molecule has 0 aliphatic rings. The average Bonchev–Trinajstić information content (AvgIpc) is 2.77. The molecule has 31 heavy (non-hydrogen) atoms. The summed E-state index contributed by atoms with van der Waals surface area (Å²) in [5.41, 5.74) is 3.37. The Morgan fingerprint density at radius 1 is 1.06 bits per heavy atom. The summed E-state index contributed by atoms with van der Waals surface area (Å²) in [5, 5.41) is 6.10. The summed E-state index contributed by atoms with van der Waals surface area (Å²) in [6, 6.07) is 17.3. The van der Waals surface area contributed by atoms with Crippen LogP contribution in [0.25, 0.3) is 10.8 Å². The van der Waals surface area contributed by atoms with E-state index in [4.69, 9.17) is 27.9 Å². The van der Waals surface area contributed by atoms with Gasteiger partial charge in [0.15, 0.2) is 0 Å². The number of carbonyl (C=O) groups is 1. The first-order chi connectivity index (χ1) is 15.0. The molecule has 154 valence electrons. The van der Waals surface area contributed by atoms with Crippen LogP contribution in [-0.4, -0.2) is 22.1 Å². The predicted octanol–water partition coefficient (Wildman–Crippen LogP) is 5.63. The number of benzene rings is 3. The summed E-state index contributed by atoms with van der Waals surface area (Å²) >= 11 is 11.6. The lowest BCUT2D eigenvalue weighted by Gasteiger charge is -2.11. The van der Waals surface area contributed by atoms with Crippen LogP contribution >= 0.6 is 23.2 Å². The molecule has 1 heterocycles. The highest BCUT2D eigenvalue weighted by Gasteiger charge is 2.13. The Morgan fingerprint density at radius 3 is 2.65 bits per heavy atom. The van der Waals surface area contributed by atoms with E-state index in [-0.39, 0.29) is 16.9 Å². The number of nitrogens with zero attached hydrogens (tertiary/aromatic N) is 3. The van der Waals surface area contributed by atoms with Crippen molar-refractivity contribution in [3.05, 3.63) is 94.1 Å². The highest BCUT2D eigenvalue weighted by Crippen LogP contribution is 2.31. The van der Waals surface area contributed by atoms with Crippen LogP contribution < -0.4 is 10.2 Å². The van der Waals surface area contributed by atoms with Crippen molar-refractivity contribution in [1.29, 1.82) is 0 Å². The summed E-state index contributed by atoms with van der Waals surface area (Å²) in [7, 11) is 0. The maximum absolute atomic E-state index is 14.1. The lowest BCUT2D eigenvalue weighted by molar-refractivity contribution is 0.0955. The minimum atomic E-state index is -0.767. The molecule has 4 rings (SSSR count). The summed E-state index contributed by atoms with van der Waals surface area (Å²) in [6.45, 7) is 0. The molecule has 9 heteroatoms. The Balaban J connectivity index is 1.67. The Labute approximate surface area is 186 Å². The van der Waals surface area contributed by atoms with E-state index in [2.05, 4.69) is 20.5 Å². The topological polar surface area (TPSA) is 76.5 Å². The van der Waals surface area contributed by atoms with E-state index < -0.39 is 11.7 Å². The van der Waals surface area contributed by atoms with Crippen LogP contribution in [0.1, 0.15) is 15.9 Å². The molecular formula is C22H13Cl2FN4O2. The van der Waals surface area contributed by atoms with Gasteiger partial charge < -0.3 is 4.74 Å². The van der Waals surface area contributed by atoms with Crippen LogP contribution in [-0.2, 0) is 0 Å². The van der Waals surface area contributed by atoms with Crippen molar-refractivity contribution in [1.82, 2.24) is 15.4 Å². The SMILES string of the molecule is O=C(N/N=C\c1c(Oc2nc(Cl)ncc2F)ccc2ccccc12)c1ccc(Cl)cc1. The standard InChI is InChI=1S/C22H13Cl2FN4O2/c23-15-8-5-14(6-9-15)20(30)29-27-11-17-16-4-2-1-3-13(16)7-10-19(17)31-21-18(25)12-26-22(24)28-21/h1-12H,(H,29,30)/b27-11-. The zero-order chi connectivity index (χ0) is 21.8. The molecule has 1 N–H and O–H groups in total. The maximum Gasteiger partial charge on any atom is 0.271 e. The molecule has 0 aliphatic carbocycles. The summed E-state index contributed by atoms with van der Waals surface area (Å²) in [6.07, 6.45) is 2.35. The van der Waals surface area contributed by atoms with E-state index in [0.717, 1.165) is 17.0 Å². The molecular weight excluding hydrogens is 442 g/mol. The first kappa shape index (κ1) is 20.7.